The van der Waals surface area contributed by atoms with E-state index in [1.54, 1.807) is 36.4 Å². The second kappa shape index (κ2) is 12.7. The fraction of sp³-hybridized carbons (Fsp3) is 0.243. The Morgan fingerprint density at radius 1 is 0.522 bits per heavy atom. The van der Waals surface area contributed by atoms with Crippen molar-refractivity contribution in [3.8, 4) is 5.75 Å². The Morgan fingerprint density at radius 2 is 0.978 bits per heavy atom. The molecule has 0 amide bonds. The molecule has 5 aromatic rings. The summed E-state index contributed by atoms with van der Waals surface area (Å²) in [6.45, 7) is 14.7. The van der Waals surface area contributed by atoms with Crippen molar-refractivity contribution in [3.63, 3.8) is 0 Å². The first-order chi connectivity index (χ1) is 21.4. The SMILES string of the molecule is Cc1ccc(S(=O)(=O)Oc2ccc3cc(S(=O)(=O)OI(c4ccc(C(C)(C)C)cc4)c4ccc(C(C)(C)C)cc4)ccc3c2)cc1. The van der Waals surface area contributed by atoms with Crippen LogP contribution in [0.3, 0.4) is 0 Å². The van der Waals surface area contributed by atoms with Gasteiger partial charge in [-0.2, -0.15) is 0 Å². The zero-order valence-corrected chi connectivity index (χ0v) is 30.8. The summed E-state index contributed by atoms with van der Waals surface area (Å²) in [5.41, 5.74) is 3.16. The molecule has 0 aromatic heterocycles. The first-order valence-corrected chi connectivity index (χ1v) is 20.7. The first-order valence-electron chi connectivity index (χ1n) is 14.8. The molecular weight excluding hydrogens is 731 g/mol. The van der Waals surface area contributed by atoms with E-state index in [-0.39, 0.29) is 26.4 Å². The molecule has 0 atom stereocenters. The van der Waals surface area contributed by atoms with Gasteiger partial charge in [0.2, 0.25) is 0 Å². The molecule has 0 heterocycles. The molecule has 0 aliphatic heterocycles. The van der Waals surface area contributed by atoms with Crippen LogP contribution in [0.2, 0.25) is 0 Å². The Kier molecular flexibility index (Phi) is 9.45. The summed E-state index contributed by atoms with van der Waals surface area (Å²) in [7, 11) is -8.19. The van der Waals surface area contributed by atoms with E-state index < -0.39 is 40.5 Å². The Bertz CT molecular complexity index is 2020. The summed E-state index contributed by atoms with van der Waals surface area (Å²) in [5, 5.41) is 1.23. The molecule has 0 saturated heterocycles. The third-order valence-electron chi connectivity index (χ3n) is 7.55. The zero-order chi connectivity index (χ0) is 33.5. The fourth-order valence-corrected chi connectivity index (χ4v) is 12.6. The predicted octanol–water partition coefficient (Wildman–Crippen LogP) is 9.38. The molecule has 242 valence electrons. The Balaban J connectivity index is 1.45. The minimum Gasteiger partial charge on any atom is -0.0579 e. The van der Waals surface area contributed by atoms with Gasteiger partial charge in [0.25, 0.3) is 0 Å². The Labute approximate surface area is 281 Å². The zero-order valence-electron chi connectivity index (χ0n) is 27.0. The number of fused-ring (bicyclic) bond motifs is 1. The van der Waals surface area contributed by atoms with Gasteiger partial charge in [-0.3, -0.25) is 0 Å². The van der Waals surface area contributed by atoms with Crippen LogP contribution in [0.15, 0.2) is 119 Å². The summed E-state index contributed by atoms with van der Waals surface area (Å²) in [5.74, 6) is 0.130. The van der Waals surface area contributed by atoms with Crippen LogP contribution in [0.5, 0.6) is 5.75 Å². The summed E-state index contributed by atoms with van der Waals surface area (Å²) in [6, 6.07) is 32.0. The van der Waals surface area contributed by atoms with E-state index in [1.165, 1.54) is 24.3 Å². The van der Waals surface area contributed by atoms with E-state index in [4.69, 9.17) is 6.70 Å². The molecule has 0 unspecified atom stereocenters. The molecule has 0 bridgehead atoms. The van der Waals surface area contributed by atoms with Crippen molar-refractivity contribution < 1.29 is 23.5 Å². The number of hydrogen-bond donors (Lipinski definition) is 0. The molecule has 5 rings (SSSR count). The molecule has 6 nitrogen and oxygen atoms in total. The summed E-state index contributed by atoms with van der Waals surface area (Å²) >= 11 is -2.93. The minimum atomic E-state index is -4.16. The van der Waals surface area contributed by atoms with Crippen LogP contribution in [-0.2, 0) is 33.6 Å². The molecule has 0 N–H and O–H groups in total. The molecule has 0 radical (unpaired) electrons. The van der Waals surface area contributed by atoms with Crippen molar-refractivity contribution in [2.24, 2.45) is 0 Å². The summed E-state index contributed by atoms with van der Waals surface area (Å²) < 4.78 is 66.6. The molecule has 46 heavy (non-hydrogen) atoms. The van der Waals surface area contributed by atoms with Crippen LogP contribution in [0.1, 0.15) is 58.2 Å². The number of hydrogen-bond acceptors (Lipinski definition) is 6. The van der Waals surface area contributed by atoms with E-state index in [1.807, 2.05) is 55.5 Å². The predicted molar refractivity (Wildman–Crippen MR) is 193 cm³/mol. The maximum atomic E-state index is 13.8. The molecular formula is C37H39IO6S2. The van der Waals surface area contributed by atoms with Crippen LogP contribution in [0.25, 0.3) is 10.8 Å². The smallest absolute Gasteiger partial charge is 0.0579 e. The van der Waals surface area contributed by atoms with Gasteiger partial charge >= 0.3 is 258 Å². The van der Waals surface area contributed by atoms with Crippen molar-refractivity contribution in [2.45, 2.75) is 69.1 Å². The second-order valence-electron chi connectivity index (χ2n) is 13.3. The van der Waals surface area contributed by atoms with Gasteiger partial charge in [0.15, 0.2) is 0 Å². The van der Waals surface area contributed by atoms with Gasteiger partial charge in [0.05, 0.1) is 0 Å². The minimum absolute atomic E-state index is 0.0286. The van der Waals surface area contributed by atoms with Crippen LogP contribution in [0, 0.1) is 14.1 Å². The quantitative estimate of drug-likeness (QED) is 0.116. The molecule has 5 aromatic carbocycles. The van der Waals surface area contributed by atoms with Crippen molar-refractivity contribution in [3.05, 3.63) is 133 Å². The first kappa shape index (κ1) is 34.1. The van der Waals surface area contributed by atoms with Gasteiger partial charge in [0, 0.05) is 0 Å². The van der Waals surface area contributed by atoms with E-state index in [0.29, 0.717) is 10.8 Å². The second-order valence-corrected chi connectivity index (χ2v) is 21.3. The monoisotopic (exact) mass is 770 g/mol. The number of rotatable bonds is 8. The summed E-state index contributed by atoms with van der Waals surface area (Å²) in [6.07, 6.45) is 0. The van der Waals surface area contributed by atoms with Crippen molar-refractivity contribution in [1.82, 2.24) is 0 Å². The molecule has 0 aliphatic carbocycles. The van der Waals surface area contributed by atoms with Gasteiger partial charge < -0.3 is 0 Å². The van der Waals surface area contributed by atoms with Gasteiger partial charge in [-0.15, -0.1) is 0 Å². The summed E-state index contributed by atoms with van der Waals surface area (Å²) in [4.78, 5) is 0.0815. The van der Waals surface area contributed by atoms with Gasteiger partial charge in [-0.25, -0.2) is 0 Å². The molecule has 0 saturated carbocycles. The number of halogens is 1. The molecule has 0 aliphatic rings. The van der Waals surface area contributed by atoms with E-state index >= 15 is 0 Å². The molecule has 0 spiro atoms. The Morgan fingerprint density at radius 3 is 1.48 bits per heavy atom. The topological polar surface area (TPSA) is 86.7 Å². The van der Waals surface area contributed by atoms with E-state index in [0.717, 1.165) is 23.8 Å². The normalized spacial score (nSPS) is 13.1. The van der Waals surface area contributed by atoms with E-state index in [9.17, 15) is 16.8 Å². The molecule has 0 fully saturated rings. The van der Waals surface area contributed by atoms with Crippen LogP contribution < -0.4 is 4.18 Å². The standard InChI is InChI=1S/C37H39IO6S2/c1-26-8-21-34(22-9-26)45(39,40)43-33-20-10-28-25-35(23-11-27(28)24-33)46(41,42)44-38(31-16-12-29(13-17-31)36(2,3)4)32-18-14-30(15-19-32)37(5,6)7/h8-25H,1-7H3. The van der Waals surface area contributed by atoms with E-state index in [2.05, 4.69) is 41.5 Å². The average molecular weight is 771 g/mol. The Hall–Kier alpha value is -3.25. The van der Waals surface area contributed by atoms with Crippen molar-refractivity contribution >= 4 is 51.2 Å². The van der Waals surface area contributed by atoms with Crippen LogP contribution in [-0.4, -0.2) is 16.8 Å². The number of benzene rings is 5. The van der Waals surface area contributed by atoms with Crippen LogP contribution >= 0.6 is 20.2 Å². The third-order valence-corrected chi connectivity index (χ3v) is 16.1. The van der Waals surface area contributed by atoms with Crippen LogP contribution in [0.4, 0.5) is 0 Å². The average Bonchev–Trinajstić information content (AvgIpc) is 2.99. The van der Waals surface area contributed by atoms with Gasteiger partial charge in [0.1, 0.15) is 0 Å². The fourth-order valence-electron chi connectivity index (χ4n) is 4.74. The number of aryl methyl sites for hydroxylation is 1. The third kappa shape index (κ3) is 7.82. The van der Waals surface area contributed by atoms with Gasteiger partial charge in [-0.1, -0.05) is 17.7 Å². The maximum absolute atomic E-state index is 13.8. The molecule has 9 heteroatoms. The van der Waals surface area contributed by atoms with Crippen molar-refractivity contribution in [1.29, 1.82) is 0 Å². The van der Waals surface area contributed by atoms with Crippen molar-refractivity contribution in [2.75, 3.05) is 0 Å². The van der Waals surface area contributed by atoms with Gasteiger partial charge in [-0.05, 0) is 6.92 Å².